The molecule has 5 aromatic rings. The third-order valence-electron chi connectivity index (χ3n) is 7.02. The molecule has 9 nitrogen and oxygen atoms in total. The summed E-state index contributed by atoms with van der Waals surface area (Å²) in [5.74, 6) is -0.330. The molecule has 0 spiro atoms. The number of carbonyl (C=O) groups is 2. The Labute approximate surface area is 255 Å². The van der Waals surface area contributed by atoms with Gasteiger partial charge in [0.15, 0.2) is 22.1 Å². The maximum Gasteiger partial charge on any atom is 0.350 e. The number of esters is 1. The van der Waals surface area contributed by atoms with Crippen molar-refractivity contribution in [3.63, 3.8) is 0 Å². The second-order valence-corrected chi connectivity index (χ2v) is 11.1. The van der Waals surface area contributed by atoms with Crippen molar-refractivity contribution in [1.82, 2.24) is 4.98 Å². The Balaban J connectivity index is 1.49. The summed E-state index contributed by atoms with van der Waals surface area (Å²) < 4.78 is 22.9. The van der Waals surface area contributed by atoms with Gasteiger partial charge in [0.2, 0.25) is 5.76 Å². The quantitative estimate of drug-likeness (QED) is 0.177. The molecule has 0 aliphatic carbocycles. The second kappa shape index (κ2) is 11.5. The molecule has 0 fully saturated rings. The standard InChI is InChI=1S/C32H25ClN2O7S/c1-4-40-31(38)29-17(2)34-32(43-29)35-26(25-27(36)21-15-20(33)11-13-22(21)42-28(25)30(35)37)19-10-12-23(24(14-19)39-3)41-16-18-8-6-5-7-9-18/h5-15,26H,4,16H2,1-3H3. The molecule has 6 rings (SSSR count). The van der Waals surface area contributed by atoms with Gasteiger partial charge < -0.3 is 18.6 Å². The number of benzene rings is 3. The van der Waals surface area contributed by atoms with Crippen LogP contribution in [0.1, 0.15) is 55.6 Å². The van der Waals surface area contributed by atoms with E-state index in [0.29, 0.717) is 34.4 Å². The number of hydrogen-bond acceptors (Lipinski definition) is 9. The lowest BCUT2D eigenvalue weighted by atomic mass is 9.98. The van der Waals surface area contributed by atoms with Crippen LogP contribution in [0.3, 0.4) is 0 Å². The normalized spacial score (nSPS) is 14.2. The van der Waals surface area contributed by atoms with Crippen LogP contribution in [0.25, 0.3) is 11.0 Å². The lowest BCUT2D eigenvalue weighted by Crippen LogP contribution is -2.29. The Kier molecular flexibility index (Phi) is 7.64. The minimum Gasteiger partial charge on any atom is -0.493 e. The molecule has 3 aromatic carbocycles. The maximum absolute atomic E-state index is 14.0. The largest absolute Gasteiger partial charge is 0.493 e. The first kappa shape index (κ1) is 28.4. The van der Waals surface area contributed by atoms with Crippen LogP contribution in [0.4, 0.5) is 5.13 Å². The Morgan fingerprint density at radius 3 is 2.60 bits per heavy atom. The predicted molar refractivity (Wildman–Crippen MR) is 163 cm³/mol. The molecule has 2 aromatic heterocycles. The van der Waals surface area contributed by atoms with Crippen LogP contribution in [0.2, 0.25) is 5.02 Å². The molecule has 0 radical (unpaired) electrons. The maximum atomic E-state index is 14.0. The van der Waals surface area contributed by atoms with E-state index < -0.39 is 23.3 Å². The van der Waals surface area contributed by atoms with E-state index in [1.165, 1.54) is 18.1 Å². The van der Waals surface area contributed by atoms with Crippen LogP contribution in [-0.2, 0) is 11.3 Å². The number of aromatic nitrogens is 1. The summed E-state index contributed by atoms with van der Waals surface area (Å²) >= 11 is 7.22. The van der Waals surface area contributed by atoms with E-state index in [1.807, 2.05) is 30.3 Å². The molecule has 0 N–H and O–H groups in total. The van der Waals surface area contributed by atoms with Gasteiger partial charge in [0.1, 0.15) is 17.1 Å². The van der Waals surface area contributed by atoms with E-state index in [9.17, 15) is 14.4 Å². The molecule has 3 heterocycles. The van der Waals surface area contributed by atoms with Crippen molar-refractivity contribution in [2.75, 3.05) is 18.6 Å². The summed E-state index contributed by atoms with van der Waals surface area (Å²) in [6.07, 6.45) is 0. The number of rotatable bonds is 8. The number of hydrogen-bond donors (Lipinski definition) is 0. The van der Waals surface area contributed by atoms with Gasteiger partial charge in [-0.05, 0) is 55.3 Å². The molecule has 218 valence electrons. The average Bonchev–Trinajstić information content (AvgIpc) is 3.54. The summed E-state index contributed by atoms with van der Waals surface area (Å²) in [5, 5.41) is 0.809. The molecule has 1 unspecified atom stereocenters. The van der Waals surface area contributed by atoms with Gasteiger partial charge in [-0.15, -0.1) is 0 Å². The van der Waals surface area contributed by atoms with Crippen molar-refractivity contribution < 1.29 is 28.2 Å². The number of halogens is 1. The van der Waals surface area contributed by atoms with E-state index in [4.69, 9.17) is 30.2 Å². The number of nitrogens with zero attached hydrogens (tertiary/aromatic N) is 2. The molecule has 1 atom stereocenters. The minimum absolute atomic E-state index is 0.112. The lowest BCUT2D eigenvalue weighted by molar-refractivity contribution is 0.0531. The summed E-state index contributed by atoms with van der Waals surface area (Å²) in [6.45, 7) is 3.88. The number of amides is 1. The zero-order valence-corrected chi connectivity index (χ0v) is 25.0. The summed E-state index contributed by atoms with van der Waals surface area (Å²) in [4.78, 5) is 46.8. The van der Waals surface area contributed by atoms with Crippen molar-refractivity contribution in [3.8, 4) is 11.5 Å². The second-order valence-electron chi connectivity index (χ2n) is 9.71. The van der Waals surface area contributed by atoms with Gasteiger partial charge >= 0.3 is 5.97 Å². The van der Waals surface area contributed by atoms with Crippen molar-refractivity contribution in [2.45, 2.75) is 26.5 Å². The Hall–Kier alpha value is -4.67. The number of carbonyl (C=O) groups excluding carboxylic acids is 2. The number of fused-ring (bicyclic) bond motifs is 2. The van der Waals surface area contributed by atoms with Gasteiger partial charge in [0.25, 0.3) is 5.91 Å². The van der Waals surface area contributed by atoms with Gasteiger partial charge in [-0.1, -0.05) is 59.3 Å². The van der Waals surface area contributed by atoms with E-state index in [1.54, 1.807) is 44.2 Å². The molecule has 1 aliphatic rings. The molecular weight excluding hydrogens is 592 g/mol. The van der Waals surface area contributed by atoms with Crippen LogP contribution in [-0.4, -0.2) is 30.6 Å². The van der Waals surface area contributed by atoms with Crippen molar-refractivity contribution in [3.05, 3.63) is 115 Å². The SMILES string of the molecule is CCOC(=O)c1sc(N2C(=O)c3oc4ccc(Cl)cc4c(=O)c3C2c2ccc(OCc3ccccc3)c(OC)c2)nc1C. The van der Waals surface area contributed by atoms with Crippen LogP contribution in [0.15, 0.2) is 75.9 Å². The highest BCUT2D eigenvalue weighted by atomic mass is 35.5. The van der Waals surface area contributed by atoms with Crippen molar-refractivity contribution in [1.29, 1.82) is 0 Å². The minimum atomic E-state index is -0.945. The molecule has 0 saturated carbocycles. The van der Waals surface area contributed by atoms with Gasteiger partial charge in [-0.25, -0.2) is 9.78 Å². The molecule has 0 saturated heterocycles. The fourth-order valence-electron chi connectivity index (χ4n) is 5.04. The highest BCUT2D eigenvalue weighted by Gasteiger charge is 2.45. The zero-order valence-electron chi connectivity index (χ0n) is 23.4. The molecule has 11 heteroatoms. The average molecular weight is 617 g/mol. The Morgan fingerprint density at radius 1 is 1.07 bits per heavy atom. The number of anilines is 1. The van der Waals surface area contributed by atoms with E-state index in [0.717, 1.165) is 16.9 Å². The summed E-state index contributed by atoms with van der Waals surface area (Å²) in [5.41, 5.74) is 1.89. The van der Waals surface area contributed by atoms with E-state index in [2.05, 4.69) is 4.98 Å². The summed E-state index contributed by atoms with van der Waals surface area (Å²) in [6, 6.07) is 18.6. The first-order valence-electron chi connectivity index (χ1n) is 13.4. The predicted octanol–water partition coefficient (Wildman–Crippen LogP) is 6.73. The van der Waals surface area contributed by atoms with Crippen LogP contribution < -0.4 is 19.8 Å². The van der Waals surface area contributed by atoms with Crippen molar-refractivity contribution >= 4 is 50.9 Å². The van der Waals surface area contributed by atoms with E-state index in [-0.39, 0.29) is 38.9 Å². The van der Waals surface area contributed by atoms with Gasteiger partial charge in [0, 0.05) is 5.02 Å². The highest BCUT2D eigenvalue weighted by molar-refractivity contribution is 7.17. The third kappa shape index (κ3) is 5.13. The van der Waals surface area contributed by atoms with Gasteiger partial charge in [-0.3, -0.25) is 14.5 Å². The van der Waals surface area contributed by atoms with E-state index >= 15 is 0 Å². The Bertz CT molecular complexity index is 1940. The first-order valence-corrected chi connectivity index (χ1v) is 14.6. The topological polar surface area (TPSA) is 108 Å². The monoisotopic (exact) mass is 616 g/mol. The molecular formula is C32H25ClN2O7S. The molecule has 1 aliphatic heterocycles. The third-order valence-corrected chi connectivity index (χ3v) is 8.40. The number of thiazole rings is 1. The first-order chi connectivity index (χ1) is 20.8. The molecule has 1 amide bonds. The van der Waals surface area contributed by atoms with Crippen LogP contribution >= 0.6 is 22.9 Å². The number of methoxy groups -OCH3 is 1. The number of ether oxygens (including phenoxy) is 3. The van der Waals surface area contributed by atoms with Gasteiger partial charge in [-0.2, -0.15) is 0 Å². The lowest BCUT2D eigenvalue weighted by Gasteiger charge is -2.23. The Morgan fingerprint density at radius 2 is 1.86 bits per heavy atom. The fraction of sp³-hybridized carbons (Fsp3) is 0.188. The molecule has 43 heavy (non-hydrogen) atoms. The van der Waals surface area contributed by atoms with Crippen LogP contribution in [0, 0.1) is 6.92 Å². The number of aryl methyl sites for hydroxylation is 1. The smallest absolute Gasteiger partial charge is 0.350 e. The zero-order chi connectivity index (χ0) is 30.2. The van der Waals surface area contributed by atoms with Crippen LogP contribution in [0.5, 0.6) is 11.5 Å². The summed E-state index contributed by atoms with van der Waals surface area (Å²) in [7, 11) is 1.51. The van der Waals surface area contributed by atoms with Crippen molar-refractivity contribution in [2.24, 2.45) is 0 Å². The fourth-order valence-corrected chi connectivity index (χ4v) is 6.20. The van der Waals surface area contributed by atoms with Gasteiger partial charge in [0.05, 0.1) is 36.4 Å². The highest BCUT2D eigenvalue weighted by Crippen LogP contribution is 2.45. The molecule has 0 bridgehead atoms.